The molecule has 5 rings (SSSR count). The molecule has 1 aliphatic heterocycles. The molecule has 0 aromatic rings. The summed E-state index contributed by atoms with van der Waals surface area (Å²) in [5.41, 5.74) is 1.57. The van der Waals surface area contributed by atoms with Crippen molar-refractivity contribution < 1.29 is 28.6 Å². The first-order chi connectivity index (χ1) is 19.2. The van der Waals surface area contributed by atoms with Gasteiger partial charge in [0.15, 0.2) is 0 Å². The Balaban J connectivity index is 1.45. The maximum atomic E-state index is 12.4. The molecule has 41 heavy (non-hydrogen) atoms. The number of hydrogen-bond donors (Lipinski definition) is 0. The number of ether oxygens (including phenoxy) is 3. The quantitative estimate of drug-likeness (QED) is 0.157. The normalized spacial score (nSPS) is 44.9. The number of halogens is 1. The van der Waals surface area contributed by atoms with E-state index in [0.29, 0.717) is 23.7 Å². The molecule has 4 aliphatic carbocycles. The van der Waals surface area contributed by atoms with E-state index in [1.807, 2.05) is 4.42 Å². The van der Waals surface area contributed by atoms with Crippen molar-refractivity contribution in [3.05, 3.63) is 11.6 Å². The molecule has 0 spiro atoms. The first-order valence-electron chi connectivity index (χ1n) is 15.9. The summed E-state index contributed by atoms with van der Waals surface area (Å²) < 4.78 is 19.5. The number of hydrogen-bond acceptors (Lipinski definition) is 7. The van der Waals surface area contributed by atoms with Gasteiger partial charge in [-0.25, -0.2) is 4.42 Å². The van der Waals surface area contributed by atoms with Crippen molar-refractivity contribution in [2.45, 2.75) is 124 Å². The van der Waals surface area contributed by atoms with Gasteiger partial charge in [0.05, 0.1) is 6.04 Å². The van der Waals surface area contributed by atoms with Crippen molar-refractivity contribution in [3.8, 4) is 0 Å². The molecular weight excluding hydrogens is 542 g/mol. The minimum atomic E-state index is -0.285. The molecule has 5 aliphatic rings. The van der Waals surface area contributed by atoms with Crippen molar-refractivity contribution in [1.82, 2.24) is 4.42 Å². The average molecular weight is 592 g/mol. The third-order valence-corrected chi connectivity index (χ3v) is 12.4. The number of nitrogens with zero attached hydrogens (tertiary/aromatic N) is 1. The van der Waals surface area contributed by atoms with Crippen molar-refractivity contribution in [1.29, 1.82) is 0 Å². The van der Waals surface area contributed by atoms with Gasteiger partial charge in [0, 0.05) is 39.7 Å². The van der Waals surface area contributed by atoms with E-state index in [4.69, 9.17) is 26.0 Å². The van der Waals surface area contributed by atoms with Gasteiger partial charge in [0.1, 0.15) is 18.3 Å². The molecule has 0 radical (unpaired) electrons. The smallest absolute Gasteiger partial charge is 0.302 e. The number of piperidine rings is 1. The first kappa shape index (κ1) is 30.8. The van der Waals surface area contributed by atoms with Crippen LogP contribution in [0.4, 0.5) is 0 Å². The Labute approximate surface area is 251 Å². The van der Waals surface area contributed by atoms with E-state index in [9.17, 15) is 14.4 Å². The predicted molar refractivity (Wildman–Crippen MR) is 157 cm³/mol. The monoisotopic (exact) mass is 591 g/mol. The van der Waals surface area contributed by atoms with Crippen molar-refractivity contribution in [2.75, 3.05) is 6.54 Å². The Morgan fingerprint density at radius 1 is 0.951 bits per heavy atom. The molecule has 1 heterocycles. The van der Waals surface area contributed by atoms with E-state index >= 15 is 0 Å². The number of fused-ring (bicyclic) bond motifs is 5. The number of carbonyl (C=O) groups is 3. The molecule has 7 nitrogen and oxygen atoms in total. The van der Waals surface area contributed by atoms with E-state index in [1.165, 1.54) is 26.3 Å². The van der Waals surface area contributed by atoms with Crippen LogP contribution in [-0.4, -0.2) is 53.2 Å². The third-order valence-electron chi connectivity index (χ3n) is 12.0. The molecule has 12 atom stereocenters. The molecule has 8 heteroatoms. The average Bonchev–Trinajstić information content (AvgIpc) is 3.14. The topological polar surface area (TPSA) is 82.1 Å². The highest BCUT2D eigenvalue weighted by Gasteiger charge is 2.64. The molecule has 0 N–H and O–H groups in total. The summed E-state index contributed by atoms with van der Waals surface area (Å²) in [6, 6.07) is -0.139. The second kappa shape index (κ2) is 11.5. The summed E-state index contributed by atoms with van der Waals surface area (Å²) in [7, 11) is 0. The van der Waals surface area contributed by atoms with Gasteiger partial charge in [-0.2, -0.15) is 0 Å². The molecule has 4 fully saturated rings. The zero-order valence-electron chi connectivity index (χ0n) is 26.0. The lowest BCUT2D eigenvalue weighted by Crippen LogP contribution is -2.56. The van der Waals surface area contributed by atoms with Crippen LogP contribution in [0.3, 0.4) is 0 Å². The SMILES string of the molecule is CC(=O)O[C@H]1CC[C@@]2(C)C(=CC[C@H]3[C@@H]4C[C@H](OC(C)=O)[C@H]([C@H](C)[C@H]5[C@@H](OC(C)=O)C[C@@H](C)CN5Cl)[C@@]4(C)CC[C@@H]32)C1. The van der Waals surface area contributed by atoms with Crippen LogP contribution in [0.2, 0.25) is 0 Å². The van der Waals surface area contributed by atoms with Gasteiger partial charge in [-0.1, -0.05) is 39.3 Å². The lowest BCUT2D eigenvalue weighted by molar-refractivity contribution is -0.159. The predicted octanol–water partition coefficient (Wildman–Crippen LogP) is 6.47. The highest BCUT2D eigenvalue weighted by atomic mass is 35.5. The van der Waals surface area contributed by atoms with E-state index in [0.717, 1.165) is 57.9 Å². The maximum Gasteiger partial charge on any atom is 0.302 e. The van der Waals surface area contributed by atoms with Crippen molar-refractivity contribution in [3.63, 3.8) is 0 Å². The largest absolute Gasteiger partial charge is 0.462 e. The maximum absolute atomic E-state index is 12.4. The first-order valence-corrected chi connectivity index (χ1v) is 16.2. The molecule has 0 aromatic carbocycles. The fourth-order valence-electron chi connectivity index (χ4n) is 10.6. The Hall–Kier alpha value is -1.60. The van der Waals surface area contributed by atoms with E-state index < -0.39 is 0 Å². The van der Waals surface area contributed by atoms with E-state index in [1.54, 1.807) is 0 Å². The molecule has 0 aromatic heterocycles. The molecule has 230 valence electrons. The summed E-state index contributed by atoms with van der Waals surface area (Å²) in [5.74, 6) is 1.33. The third kappa shape index (κ3) is 5.59. The Bertz CT molecular complexity index is 1080. The van der Waals surface area contributed by atoms with Crippen LogP contribution >= 0.6 is 11.8 Å². The lowest BCUT2D eigenvalue weighted by Gasteiger charge is -2.58. The standard InChI is InChI=1S/C33H50ClNO6/c1-18-14-29(41-22(5)38)31(35(34)17-18)19(2)30-28(40-21(4)37)16-27-25-9-8-23-15-24(39-20(3)36)10-12-32(23,6)26(25)11-13-33(27,30)7/h8,18-19,24-31H,9-17H2,1-7H3/t18-,19+,24+,25-,26+,27+,28+,29+,30+,31+,32+,33+/m1/s1. The number of allylic oxidation sites excluding steroid dienone is 1. The Morgan fingerprint density at radius 2 is 1.61 bits per heavy atom. The van der Waals surface area contributed by atoms with Crippen molar-refractivity contribution in [2.24, 2.45) is 46.3 Å². The van der Waals surface area contributed by atoms with Gasteiger partial charge >= 0.3 is 17.9 Å². The lowest BCUT2D eigenvalue weighted by atomic mass is 9.46. The van der Waals surface area contributed by atoms with Crippen molar-refractivity contribution >= 4 is 29.7 Å². The molecule has 0 amide bonds. The summed E-state index contributed by atoms with van der Waals surface area (Å²) in [6.07, 6.45) is 9.67. The second-order valence-corrected chi connectivity index (χ2v) is 15.0. The summed E-state index contributed by atoms with van der Waals surface area (Å²) >= 11 is 6.95. The van der Waals surface area contributed by atoms with Gasteiger partial charge in [0.2, 0.25) is 0 Å². The van der Waals surface area contributed by atoms with E-state index in [-0.39, 0.29) is 64.9 Å². The molecule has 0 unspecified atom stereocenters. The summed E-state index contributed by atoms with van der Waals surface area (Å²) in [6.45, 7) is 14.5. The van der Waals surface area contributed by atoms with Crippen LogP contribution in [0.25, 0.3) is 0 Å². The van der Waals surface area contributed by atoms with Crippen LogP contribution in [0.1, 0.15) is 99.8 Å². The second-order valence-electron chi connectivity index (χ2n) is 14.6. The molecule has 0 bridgehead atoms. The van der Waals surface area contributed by atoms with Gasteiger partial charge in [-0.3, -0.25) is 14.4 Å². The summed E-state index contributed by atoms with van der Waals surface area (Å²) in [4.78, 5) is 36.2. The highest BCUT2D eigenvalue weighted by Crippen LogP contribution is 2.68. The molecule has 1 saturated heterocycles. The minimum absolute atomic E-state index is 0.0100. The van der Waals surface area contributed by atoms with Gasteiger partial charge in [-0.05, 0) is 97.1 Å². The minimum Gasteiger partial charge on any atom is -0.462 e. The fourth-order valence-corrected chi connectivity index (χ4v) is 11.2. The number of carbonyl (C=O) groups excluding carboxylic acids is 3. The molecular formula is C33H50ClNO6. The van der Waals surface area contributed by atoms with E-state index in [2.05, 4.69) is 33.8 Å². The zero-order chi connectivity index (χ0) is 29.9. The highest BCUT2D eigenvalue weighted by molar-refractivity contribution is 6.13. The number of esters is 3. The Kier molecular flexibility index (Phi) is 8.64. The van der Waals surface area contributed by atoms with Crippen LogP contribution < -0.4 is 0 Å². The van der Waals surface area contributed by atoms with Gasteiger partial charge in [0.25, 0.3) is 0 Å². The zero-order valence-corrected chi connectivity index (χ0v) is 26.7. The Morgan fingerprint density at radius 3 is 2.27 bits per heavy atom. The van der Waals surface area contributed by atoms with Crippen LogP contribution in [0, 0.1) is 46.3 Å². The van der Waals surface area contributed by atoms with Crippen LogP contribution in [0.5, 0.6) is 0 Å². The van der Waals surface area contributed by atoms with Gasteiger partial charge in [-0.15, -0.1) is 0 Å². The van der Waals surface area contributed by atoms with Crippen LogP contribution in [0.15, 0.2) is 11.6 Å². The number of rotatable bonds is 5. The summed E-state index contributed by atoms with van der Waals surface area (Å²) in [5, 5.41) is 0. The molecule has 3 saturated carbocycles. The fraction of sp³-hybridized carbons (Fsp3) is 0.848. The van der Waals surface area contributed by atoms with Crippen LogP contribution in [-0.2, 0) is 28.6 Å². The van der Waals surface area contributed by atoms with Gasteiger partial charge < -0.3 is 14.2 Å².